The molecule has 1 aliphatic rings. The molecule has 2 aromatic carbocycles. The van der Waals surface area contributed by atoms with Gasteiger partial charge in [0.15, 0.2) is 0 Å². The van der Waals surface area contributed by atoms with Gasteiger partial charge in [-0.15, -0.1) is 0 Å². The summed E-state index contributed by atoms with van der Waals surface area (Å²) in [5.74, 6) is 5.13. The highest BCUT2D eigenvalue weighted by molar-refractivity contribution is 6.04. The van der Waals surface area contributed by atoms with E-state index in [1.54, 1.807) is 37.4 Å². The first kappa shape index (κ1) is 19.4. The number of nitrogens with one attached hydrogen (secondary N) is 2. The second kappa shape index (κ2) is 8.62. The Kier molecular flexibility index (Phi) is 5.57. The molecule has 0 aliphatic carbocycles. The van der Waals surface area contributed by atoms with Crippen LogP contribution in [0.3, 0.4) is 0 Å². The van der Waals surface area contributed by atoms with E-state index in [1.165, 1.54) is 0 Å². The number of hydrogen-bond donors (Lipinski definition) is 2. The lowest BCUT2D eigenvalue weighted by molar-refractivity contribution is -0.111. The fourth-order valence-corrected chi connectivity index (χ4v) is 3.44. The third-order valence-corrected chi connectivity index (χ3v) is 4.93. The average Bonchev–Trinajstić information content (AvgIpc) is 3.22. The Morgan fingerprint density at radius 1 is 1.13 bits per heavy atom. The molecule has 1 aromatic heterocycles. The van der Waals surface area contributed by atoms with Crippen molar-refractivity contribution in [2.24, 2.45) is 0 Å². The molecule has 30 heavy (non-hydrogen) atoms. The van der Waals surface area contributed by atoms with E-state index in [1.807, 2.05) is 29.2 Å². The van der Waals surface area contributed by atoms with Crippen molar-refractivity contribution in [3.8, 4) is 11.8 Å². The maximum Gasteiger partial charge on any atom is 0.300 e. The monoisotopic (exact) mass is 399 g/mol. The van der Waals surface area contributed by atoms with Gasteiger partial charge in [0, 0.05) is 42.0 Å². The van der Waals surface area contributed by atoms with Crippen molar-refractivity contribution in [1.82, 2.24) is 14.9 Å². The van der Waals surface area contributed by atoms with E-state index < -0.39 is 0 Å². The van der Waals surface area contributed by atoms with Crippen LogP contribution in [0.15, 0.2) is 54.7 Å². The minimum Gasteiger partial charge on any atom is -0.350 e. The lowest BCUT2D eigenvalue weighted by Gasteiger charge is -2.17. The Morgan fingerprint density at radius 2 is 1.93 bits per heavy atom. The molecule has 0 bridgehead atoms. The number of carbonyl (C=O) groups is 2. The topological polar surface area (TPSA) is 87.2 Å². The Bertz CT molecular complexity index is 1150. The molecule has 2 amide bonds. The first-order valence-corrected chi connectivity index (χ1v) is 9.74. The van der Waals surface area contributed by atoms with Crippen molar-refractivity contribution in [3.63, 3.8) is 0 Å². The molecule has 150 valence electrons. The maximum atomic E-state index is 12.8. The lowest BCUT2D eigenvalue weighted by atomic mass is 10.2. The SMILES string of the molecule is CC#CC(=O)Nc1ccc(C(=O)N2CC[C@H](Nc3ncc4ccccc4n3)C2)cc1. The van der Waals surface area contributed by atoms with Crippen LogP contribution in [-0.2, 0) is 4.79 Å². The Labute approximate surface area is 174 Å². The number of aromatic nitrogens is 2. The Balaban J connectivity index is 1.36. The predicted molar refractivity (Wildman–Crippen MR) is 116 cm³/mol. The van der Waals surface area contributed by atoms with Gasteiger partial charge in [0.25, 0.3) is 11.8 Å². The molecular formula is C23H21N5O2. The standard InChI is InChI=1S/C23H21N5O2/c1-2-5-21(29)25-18-10-8-16(9-11-18)22(30)28-13-12-19(15-28)26-23-24-14-17-6-3-4-7-20(17)27-23/h3-4,6-11,14,19H,12-13,15H2,1H3,(H,25,29)(H,24,26,27)/t19-/m0/s1. The van der Waals surface area contributed by atoms with Crippen molar-refractivity contribution in [1.29, 1.82) is 0 Å². The van der Waals surface area contributed by atoms with E-state index >= 15 is 0 Å². The minimum atomic E-state index is -0.374. The van der Waals surface area contributed by atoms with Gasteiger partial charge in [0.2, 0.25) is 5.95 Å². The highest BCUT2D eigenvalue weighted by atomic mass is 16.2. The second-order valence-corrected chi connectivity index (χ2v) is 7.04. The van der Waals surface area contributed by atoms with E-state index in [4.69, 9.17) is 0 Å². The molecule has 1 atom stereocenters. The number of benzene rings is 2. The molecule has 2 heterocycles. The molecule has 3 aromatic rings. The van der Waals surface area contributed by atoms with E-state index in [2.05, 4.69) is 32.4 Å². The summed E-state index contributed by atoms with van der Waals surface area (Å²) in [6.45, 7) is 2.85. The van der Waals surface area contributed by atoms with Crippen molar-refractivity contribution in [2.75, 3.05) is 23.7 Å². The van der Waals surface area contributed by atoms with Gasteiger partial charge >= 0.3 is 0 Å². The lowest BCUT2D eigenvalue weighted by Crippen LogP contribution is -2.31. The number of para-hydroxylation sites is 1. The van der Waals surface area contributed by atoms with Gasteiger partial charge in [0.1, 0.15) is 0 Å². The smallest absolute Gasteiger partial charge is 0.300 e. The molecule has 1 saturated heterocycles. The fourth-order valence-electron chi connectivity index (χ4n) is 3.44. The maximum absolute atomic E-state index is 12.8. The summed E-state index contributed by atoms with van der Waals surface area (Å²) in [6.07, 6.45) is 2.63. The number of hydrogen-bond acceptors (Lipinski definition) is 5. The average molecular weight is 399 g/mol. The van der Waals surface area contributed by atoms with E-state index in [-0.39, 0.29) is 17.9 Å². The highest BCUT2D eigenvalue weighted by Crippen LogP contribution is 2.19. The summed E-state index contributed by atoms with van der Waals surface area (Å²) in [4.78, 5) is 35.1. The van der Waals surface area contributed by atoms with Crippen LogP contribution in [-0.4, -0.2) is 45.8 Å². The van der Waals surface area contributed by atoms with Crippen molar-refractivity contribution in [3.05, 3.63) is 60.3 Å². The molecule has 0 spiro atoms. The third kappa shape index (κ3) is 4.39. The molecule has 0 saturated carbocycles. The normalized spacial score (nSPS) is 15.4. The quantitative estimate of drug-likeness (QED) is 0.659. The number of rotatable bonds is 4. The molecular weight excluding hydrogens is 378 g/mol. The zero-order valence-electron chi connectivity index (χ0n) is 16.6. The van der Waals surface area contributed by atoms with Gasteiger partial charge in [-0.05, 0) is 49.6 Å². The number of nitrogens with zero attached hydrogens (tertiary/aromatic N) is 3. The molecule has 1 aliphatic heterocycles. The predicted octanol–water partition coefficient (Wildman–Crippen LogP) is 2.92. The van der Waals surface area contributed by atoms with Crippen LogP contribution in [0.4, 0.5) is 11.6 Å². The van der Waals surface area contributed by atoms with E-state index in [9.17, 15) is 9.59 Å². The molecule has 7 nitrogen and oxygen atoms in total. The molecule has 7 heteroatoms. The number of anilines is 2. The first-order chi connectivity index (χ1) is 14.6. The van der Waals surface area contributed by atoms with Crippen LogP contribution < -0.4 is 10.6 Å². The van der Waals surface area contributed by atoms with Crippen LogP contribution in [0.5, 0.6) is 0 Å². The molecule has 0 unspecified atom stereocenters. The molecule has 1 fully saturated rings. The zero-order valence-corrected chi connectivity index (χ0v) is 16.6. The summed E-state index contributed by atoms with van der Waals surface area (Å²) >= 11 is 0. The Hall–Kier alpha value is -3.92. The largest absolute Gasteiger partial charge is 0.350 e. The van der Waals surface area contributed by atoms with Gasteiger partial charge < -0.3 is 15.5 Å². The van der Waals surface area contributed by atoms with Gasteiger partial charge in [-0.1, -0.05) is 24.1 Å². The highest BCUT2D eigenvalue weighted by Gasteiger charge is 2.27. The minimum absolute atomic E-state index is 0.0371. The van der Waals surface area contributed by atoms with E-state index in [0.29, 0.717) is 30.3 Å². The van der Waals surface area contributed by atoms with Crippen LogP contribution >= 0.6 is 0 Å². The van der Waals surface area contributed by atoms with Gasteiger partial charge in [0.05, 0.1) is 5.52 Å². The van der Waals surface area contributed by atoms with Crippen LogP contribution in [0.25, 0.3) is 10.9 Å². The van der Waals surface area contributed by atoms with Crippen molar-refractivity contribution in [2.45, 2.75) is 19.4 Å². The number of likely N-dealkylation sites (tertiary alicyclic amines) is 1. The summed E-state index contributed by atoms with van der Waals surface area (Å²) < 4.78 is 0. The van der Waals surface area contributed by atoms with Crippen molar-refractivity contribution >= 4 is 34.4 Å². The van der Waals surface area contributed by atoms with Crippen LogP contribution in [0, 0.1) is 11.8 Å². The third-order valence-electron chi connectivity index (χ3n) is 4.93. The fraction of sp³-hybridized carbons (Fsp3) is 0.217. The number of carbonyl (C=O) groups excluding carboxylic acids is 2. The molecule has 0 radical (unpaired) electrons. The van der Waals surface area contributed by atoms with Gasteiger partial charge in [-0.25, -0.2) is 9.97 Å². The van der Waals surface area contributed by atoms with E-state index in [0.717, 1.165) is 17.3 Å². The number of amides is 2. The number of fused-ring (bicyclic) bond motifs is 1. The summed E-state index contributed by atoms with van der Waals surface area (Å²) in [5, 5.41) is 6.99. The molecule has 4 rings (SSSR count). The van der Waals surface area contributed by atoms with Gasteiger partial charge in [-0.2, -0.15) is 0 Å². The van der Waals surface area contributed by atoms with Crippen LogP contribution in [0.1, 0.15) is 23.7 Å². The second-order valence-electron chi connectivity index (χ2n) is 7.04. The summed E-state index contributed by atoms with van der Waals surface area (Å²) in [5.41, 5.74) is 2.07. The van der Waals surface area contributed by atoms with Gasteiger partial charge in [-0.3, -0.25) is 9.59 Å². The first-order valence-electron chi connectivity index (χ1n) is 9.74. The zero-order chi connectivity index (χ0) is 20.9. The van der Waals surface area contributed by atoms with Crippen molar-refractivity contribution < 1.29 is 9.59 Å². The summed E-state index contributed by atoms with van der Waals surface area (Å²) in [7, 11) is 0. The molecule has 2 N–H and O–H groups in total. The summed E-state index contributed by atoms with van der Waals surface area (Å²) in [6, 6.07) is 14.8. The Morgan fingerprint density at radius 3 is 2.73 bits per heavy atom. The van der Waals surface area contributed by atoms with Crippen LogP contribution in [0.2, 0.25) is 0 Å².